The highest BCUT2D eigenvalue weighted by molar-refractivity contribution is 5.86. The van der Waals surface area contributed by atoms with Gasteiger partial charge in [-0.05, 0) is 71.8 Å². The standard InChI is InChI=1S/C26H24N2O/c1-17-12-21-15-23(29)16-25(27-24(21)13-18(17)2)20-7-5-8-22(14-20)28-11-10-19-6-3-4-9-26(19)28/h3-14,25,27H,15-16H2,1-2H3. The molecular formula is C26H24N2O. The lowest BCUT2D eigenvalue weighted by molar-refractivity contribution is -0.118. The third-order valence-corrected chi connectivity index (χ3v) is 6.02. The average molecular weight is 380 g/mol. The van der Waals surface area contributed by atoms with Crippen LogP contribution in [0.2, 0.25) is 0 Å². The Kier molecular flexibility index (Phi) is 4.24. The van der Waals surface area contributed by atoms with Crippen molar-refractivity contribution in [2.45, 2.75) is 32.7 Å². The van der Waals surface area contributed by atoms with Gasteiger partial charge in [0.05, 0.1) is 11.6 Å². The number of aryl methyl sites for hydroxylation is 2. The highest BCUT2D eigenvalue weighted by Crippen LogP contribution is 2.33. The first kappa shape index (κ1) is 17.7. The SMILES string of the molecule is Cc1cc2c(cc1C)NC(c1cccc(-n3ccc4ccccc43)c1)CC(=O)C2. The van der Waals surface area contributed by atoms with E-state index in [0.29, 0.717) is 12.8 Å². The van der Waals surface area contributed by atoms with Crippen LogP contribution in [-0.4, -0.2) is 10.4 Å². The lowest BCUT2D eigenvalue weighted by Crippen LogP contribution is -2.13. The van der Waals surface area contributed by atoms with Crippen LogP contribution in [0.25, 0.3) is 16.6 Å². The van der Waals surface area contributed by atoms with E-state index in [9.17, 15) is 4.79 Å². The zero-order valence-corrected chi connectivity index (χ0v) is 16.8. The minimum atomic E-state index is -0.0207. The van der Waals surface area contributed by atoms with Crippen molar-refractivity contribution in [3.8, 4) is 5.69 Å². The zero-order chi connectivity index (χ0) is 20.0. The molecule has 0 bridgehead atoms. The summed E-state index contributed by atoms with van der Waals surface area (Å²) in [5.74, 6) is 0.279. The Labute approximate surface area is 171 Å². The number of fused-ring (bicyclic) bond motifs is 2. The van der Waals surface area contributed by atoms with Gasteiger partial charge in [-0.1, -0.05) is 36.4 Å². The molecule has 0 saturated carbocycles. The van der Waals surface area contributed by atoms with Crippen molar-refractivity contribution in [2.24, 2.45) is 0 Å². The Morgan fingerprint density at radius 1 is 0.931 bits per heavy atom. The number of hydrogen-bond donors (Lipinski definition) is 1. The van der Waals surface area contributed by atoms with E-state index in [4.69, 9.17) is 0 Å². The number of anilines is 1. The van der Waals surface area contributed by atoms with E-state index in [1.807, 2.05) is 0 Å². The maximum absolute atomic E-state index is 12.7. The van der Waals surface area contributed by atoms with E-state index in [2.05, 4.69) is 96.7 Å². The van der Waals surface area contributed by atoms with E-state index in [1.165, 1.54) is 22.0 Å². The molecule has 4 aromatic rings. The van der Waals surface area contributed by atoms with Gasteiger partial charge in [0.1, 0.15) is 5.78 Å². The second kappa shape index (κ2) is 6.93. The molecule has 0 saturated heterocycles. The second-order valence-electron chi connectivity index (χ2n) is 8.05. The maximum Gasteiger partial charge on any atom is 0.139 e. The fourth-order valence-electron chi connectivity index (χ4n) is 4.31. The molecule has 0 fully saturated rings. The van der Waals surface area contributed by atoms with Gasteiger partial charge in [-0.3, -0.25) is 4.79 Å². The third-order valence-electron chi connectivity index (χ3n) is 6.02. The van der Waals surface area contributed by atoms with E-state index in [-0.39, 0.29) is 11.8 Å². The Morgan fingerprint density at radius 2 is 1.76 bits per heavy atom. The highest BCUT2D eigenvalue weighted by Gasteiger charge is 2.23. The number of carbonyl (C=O) groups is 1. The van der Waals surface area contributed by atoms with Crippen LogP contribution in [0.1, 0.15) is 34.7 Å². The molecule has 0 aliphatic carbocycles. The van der Waals surface area contributed by atoms with Gasteiger partial charge in [0.2, 0.25) is 0 Å². The predicted octanol–water partition coefficient (Wildman–Crippen LogP) is 5.92. The molecule has 0 spiro atoms. The van der Waals surface area contributed by atoms with Gasteiger partial charge >= 0.3 is 0 Å². The van der Waals surface area contributed by atoms with E-state index >= 15 is 0 Å². The van der Waals surface area contributed by atoms with Crippen molar-refractivity contribution in [1.29, 1.82) is 0 Å². The molecule has 0 amide bonds. The molecule has 0 radical (unpaired) electrons. The number of hydrogen-bond acceptors (Lipinski definition) is 2. The van der Waals surface area contributed by atoms with Crippen molar-refractivity contribution in [3.05, 3.63) is 95.2 Å². The number of rotatable bonds is 2. The normalized spacial score (nSPS) is 16.3. The van der Waals surface area contributed by atoms with Crippen LogP contribution >= 0.6 is 0 Å². The van der Waals surface area contributed by atoms with Crippen molar-refractivity contribution in [1.82, 2.24) is 4.57 Å². The zero-order valence-electron chi connectivity index (χ0n) is 16.8. The highest BCUT2D eigenvalue weighted by atomic mass is 16.1. The molecule has 1 unspecified atom stereocenters. The molecule has 3 aromatic carbocycles. The smallest absolute Gasteiger partial charge is 0.139 e. The second-order valence-corrected chi connectivity index (χ2v) is 8.05. The van der Waals surface area contributed by atoms with Crippen LogP contribution < -0.4 is 5.32 Å². The molecular weight excluding hydrogens is 356 g/mol. The molecule has 5 rings (SSSR count). The summed E-state index contributed by atoms with van der Waals surface area (Å²) in [5.41, 5.74) is 8.11. The van der Waals surface area contributed by atoms with Crippen molar-refractivity contribution in [2.75, 3.05) is 5.32 Å². The first-order valence-corrected chi connectivity index (χ1v) is 10.1. The van der Waals surface area contributed by atoms with E-state index in [1.54, 1.807) is 0 Å². The summed E-state index contributed by atoms with van der Waals surface area (Å²) < 4.78 is 2.21. The number of aromatic nitrogens is 1. The predicted molar refractivity (Wildman–Crippen MR) is 119 cm³/mol. The lowest BCUT2D eigenvalue weighted by atomic mass is 9.99. The largest absolute Gasteiger partial charge is 0.378 e. The average Bonchev–Trinajstić information content (AvgIpc) is 3.08. The summed E-state index contributed by atoms with van der Waals surface area (Å²) in [5, 5.41) is 4.88. The van der Waals surface area contributed by atoms with Crippen molar-refractivity contribution < 1.29 is 4.79 Å². The summed E-state index contributed by atoms with van der Waals surface area (Å²) in [6, 6.07) is 23.4. The van der Waals surface area contributed by atoms with E-state index < -0.39 is 0 Å². The number of para-hydroxylation sites is 1. The maximum atomic E-state index is 12.7. The Balaban J connectivity index is 1.55. The van der Waals surface area contributed by atoms with E-state index in [0.717, 1.165) is 22.5 Å². The van der Waals surface area contributed by atoms with Crippen LogP contribution in [0.15, 0.2) is 72.9 Å². The monoisotopic (exact) mass is 380 g/mol. The number of carbonyl (C=O) groups excluding carboxylic acids is 1. The molecule has 1 aliphatic rings. The van der Waals surface area contributed by atoms with Crippen LogP contribution in [0.3, 0.4) is 0 Å². The number of nitrogens with zero attached hydrogens (tertiary/aromatic N) is 1. The number of ketones is 1. The quantitative estimate of drug-likeness (QED) is 0.469. The van der Waals surface area contributed by atoms with Gasteiger partial charge in [0.15, 0.2) is 0 Å². The molecule has 1 aliphatic heterocycles. The van der Waals surface area contributed by atoms with Crippen molar-refractivity contribution in [3.63, 3.8) is 0 Å². The Bertz CT molecular complexity index is 1230. The van der Waals surface area contributed by atoms with Crippen molar-refractivity contribution >= 4 is 22.4 Å². The molecule has 29 heavy (non-hydrogen) atoms. The molecule has 144 valence electrons. The number of Topliss-reactive ketones (excluding diaryl/α,β-unsaturated/α-hetero) is 1. The summed E-state index contributed by atoms with van der Waals surface area (Å²) in [4.78, 5) is 12.7. The van der Waals surface area contributed by atoms with Gasteiger partial charge in [0.25, 0.3) is 0 Å². The molecule has 1 N–H and O–H groups in total. The van der Waals surface area contributed by atoms with Crippen LogP contribution in [0.4, 0.5) is 5.69 Å². The minimum absolute atomic E-state index is 0.0207. The van der Waals surface area contributed by atoms with Crippen LogP contribution in [0, 0.1) is 13.8 Å². The first-order chi connectivity index (χ1) is 14.1. The minimum Gasteiger partial charge on any atom is -0.378 e. The van der Waals surface area contributed by atoms with Gasteiger partial charge in [-0.2, -0.15) is 0 Å². The summed E-state index contributed by atoms with van der Waals surface area (Å²) in [7, 11) is 0. The summed E-state index contributed by atoms with van der Waals surface area (Å²) >= 11 is 0. The molecule has 2 heterocycles. The Morgan fingerprint density at radius 3 is 2.66 bits per heavy atom. The van der Waals surface area contributed by atoms with Gasteiger partial charge < -0.3 is 9.88 Å². The summed E-state index contributed by atoms with van der Waals surface area (Å²) in [6.45, 7) is 4.23. The van der Waals surface area contributed by atoms with Gasteiger partial charge in [-0.15, -0.1) is 0 Å². The molecule has 1 aromatic heterocycles. The van der Waals surface area contributed by atoms with Gasteiger partial charge in [0, 0.05) is 30.4 Å². The molecule has 3 nitrogen and oxygen atoms in total. The first-order valence-electron chi connectivity index (χ1n) is 10.1. The van der Waals surface area contributed by atoms with Crippen LogP contribution in [-0.2, 0) is 11.2 Å². The summed E-state index contributed by atoms with van der Waals surface area (Å²) in [6.07, 6.45) is 3.11. The molecule has 3 heteroatoms. The fraction of sp³-hybridized carbons (Fsp3) is 0.192. The molecule has 1 atom stereocenters. The van der Waals surface area contributed by atoms with Crippen LogP contribution in [0.5, 0.6) is 0 Å². The number of benzene rings is 3. The topological polar surface area (TPSA) is 34.0 Å². The third kappa shape index (κ3) is 3.23. The number of nitrogens with one attached hydrogen (secondary N) is 1. The fourth-order valence-corrected chi connectivity index (χ4v) is 4.31. The lowest BCUT2D eigenvalue weighted by Gasteiger charge is -2.20. The van der Waals surface area contributed by atoms with Gasteiger partial charge in [-0.25, -0.2) is 0 Å². The Hall–Kier alpha value is -3.33.